The molecule has 0 saturated carbocycles. The maximum Gasteiger partial charge on any atom is 0.255 e. The van der Waals surface area contributed by atoms with Crippen molar-refractivity contribution in [3.63, 3.8) is 0 Å². The molecule has 7 heteroatoms. The Bertz CT molecular complexity index is 883. The van der Waals surface area contributed by atoms with Crippen molar-refractivity contribution >= 4 is 17.7 Å². The zero-order chi connectivity index (χ0) is 19.6. The SMILES string of the molecule is Cc1oc(C)c(C(=O)NCc2ccc(C(=O)N3CCNC(=O)C3)cc2)c1C. The summed E-state index contributed by atoms with van der Waals surface area (Å²) in [5.74, 6) is 0.858. The van der Waals surface area contributed by atoms with Crippen LogP contribution in [0, 0.1) is 20.8 Å². The van der Waals surface area contributed by atoms with Gasteiger partial charge in [-0.15, -0.1) is 0 Å². The second-order valence-electron chi connectivity index (χ2n) is 6.67. The van der Waals surface area contributed by atoms with Crippen molar-refractivity contribution in [3.8, 4) is 0 Å². The van der Waals surface area contributed by atoms with Crippen LogP contribution < -0.4 is 10.6 Å². The highest BCUT2D eigenvalue weighted by atomic mass is 16.3. The van der Waals surface area contributed by atoms with Gasteiger partial charge in [0.15, 0.2) is 0 Å². The zero-order valence-electron chi connectivity index (χ0n) is 15.7. The third-order valence-electron chi connectivity index (χ3n) is 4.77. The predicted molar refractivity (Wildman–Crippen MR) is 99.4 cm³/mol. The minimum absolute atomic E-state index is 0.0828. The van der Waals surface area contributed by atoms with Gasteiger partial charge >= 0.3 is 0 Å². The number of hydrogen-bond donors (Lipinski definition) is 2. The summed E-state index contributed by atoms with van der Waals surface area (Å²) in [4.78, 5) is 37.8. The molecule has 27 heavy (non-hydrogen) atoms. The highest BCUT2D eigenvalue weighted by Gasteiger charge is 2.22. The van der Waals surface area contributed by atoms with Crippen LogP contribution in [0.2, 0.25) is 0 Å². The monoisotopic (exact) mass is 369 g/mol. The topological polar surface area (TPSA) is 91.7 Å². The molecule has 1 aliphatic heterocycles. The fourth-order valence-electron chi connectivity index (χ4n) is 3.16. The lowest BCUT2D eigenvalue weighted by molar-refractivity contribution is -0.123. The molecule has 3 rings (SSSR count). The van der Waals surface area contributed by atoms with Crippen molar-refractivity contribution in [1.29, 1.82) is 0 Å². The fraction of sp³-hybridized carbons (Fsp3) is 0.350. The van der Waals surface area contributed by atoms with E-state index in [4.69, 9.17) is 4.42 Å². The normalized spacial score (nSPS) is 14.0. The number of benzene rings is 1. The van der Waals surface area contributed by atoms with Gasteiger partial charge in [0.05, 0.1) is 12.1 Å². The molecule has 0 spiro atoms. The Morgan fingerprint density at radius 1 is 1.15 bits per heavy atom. The lowest BCUT2D eigenvalue weighted by atomic mass is 10.1. The Balaban J connectivity index is 1.61. The van der Waals surface area contributed by atoms with Gasteiger partial charge in [-0.2, -0.15) is 0 Å². The van der Waals surface area contributed by atoms with Crippen LogP contribution in [0.3, 0.4) is 0 Å². The van der Waals surface area contributed by atoms with Gasteiger partial charge in [-0.25, -0.2) is 0 Å². The Morgan fingerprint density at radius 3 is 2.44 bits per heavy atom. The maximum absolute atomic E-state index is 12.5. The Labute approximate surface area is 157 Å². The summed E-state index contributed by atoms with van der Waals surface area (Å²) in [6.45, 7) is 6.88. The molecule has 2 aromatic rings. The first-order chi connectivity index (χ1) is 12.9. The van der Waals surface area contributed by atoms with E-state index in [1.54, 1.807) is 31.2 Å². The highest BCUT2D eigenvalue weighted by Crippen LogP contribution is 2.20. The third kappa shape index (κ3) is 4.02. The lowest BCUT2D eigenvalue weighted by Gasteiger charge is -2.26. The number of rotatable bonds is 4. The third-order valence-corrected chi connectivity index (χ3v) is 4.77. The van der Waals surface area contributed by atoms with Gasteiger partial charge in [-0.05, 0) is 38.5 Å². The second-order valence-corrected chi connectivity index (χ2v) is 6.67. The molecule has 0 aliphatic carbocycles. The second kappa shape index (κ2) is 7.65. The molecule has 0 bridgehead atoms. The molecule has 2 N–H and O–H groups in total. The number of nitrogens with zero attached hydrogens (tertiary/aromatic N) is 1. The summed E-state index contributed by atoms with van der Waals surface area (Å²) >= 11 is 0. The van der Waals surface area contributed by atoms with Gasteiger partial charge < -0.3 is 20.0 Å². The number of piperazine rings is 1. The Hall–Kier alpha value is -3.09. The molecular weight excluding hydrogens is 346 g/mol. The number of amides is 3. The first-order valence-electron chi connectivity index (χ1n) is 8.86. The molecule has 7 nitrogen and oxygen atoms in total. The van der Waals surface area contributed by atoms with E-state index in [-0.39, 0.29) is 24.3 Å². The van der Waals surface area contributed by atoms with Gasteiger partial charge in [0, 0.05) is 30.8 Å². The molecule has 0 atom stereocenters. The van der Waals surface area contributed by atoms with E-state index in [1.807, 2.05) is 13.8 Å². The summed E-state index contributed by atoms with van der Waals surface area (Å²) in [6.07, 6.45) is 0. The van der Waals surface area contributed by atoms with Gasteiger partial charge in [0.2, 0.25) is 5.91 Å². The van der Waals surface area contributed by atoms with Crippen molar-refractivity contribution in [2.24, 2.45) is 0 Å². The van der Waals surface area contributed by atoms with Crippen LogP contribution in [0.4, 0.5) is 0 Å². The van der Waals surface area contributed by atoms with Crippen LogP contribution in [0.25, 0.3) is 0 Å². The van der Waals surface area contributed by atoms with Crippen molar-refractivity contribution in [2.75, 3.05) is 19.6 Å². The van der Waals surface area contributed by atoms with Gasteiger partial charge in [-0.3, -0.25) is 14.4 Å². The minimum atomic E-state index is -0.179. The van der Waals surface area contributed by atoms with E-state index < -0.39 is 0 Å². The van der Waals surface area contributed by atoms with E-state index in [2.05, 4.69) is 10.6 Å². The molecule has 0 radical (unpaired) electrons. The molecule has 1 saturated heterocycles. The first-order valence-corrected chi connectivity index (χ1v) is 8.86. The minimum Gasteiger partial charge on any atom is -0.466 e. The smallest absolute Gasteiger partial charge is 0.255 e. The molecule has 142 valence electrons. The predicted octanol–water partition coefficient (Wildman–Crippen LogP) is 1.71. The standard InChI is InChI=1S/C20H23N3O4/c1-12-13(2)27-14(3)18(12)19(25)22-10-15-4-6-16(7-5-15)20(26)23-9-8-21-17(24)11-23/h4-7H,8-11H2,1-3H3,(H,21,24)(H,22,25). The van der Waals surface area contributed by atoms with Crippen LogP contribution in [0.5, 0.6) is 0 Å². The highest BCUT2D eigenvalue weighted by molar-refractivity contribution is 5.97. The molecule has 0 unspecified atom stereocenters. The van der Waals surface area contributed by atoms with Crippen molar-refractivity contribution < 1.29 is 18.8 Å². The summed E-state index contributed by atoms with van der Waals surface area (Å²) in [5, 5.41) is 5.58. The summed E-state index contributed by atoms with van der Waals surface area (Å²) in [5.41, 5.74) is 2.82. The van der Waals surface area contributed by atoms with Crippen molar-refractivity contribution in [1.82, 2.24) is 15.5 Å². The van der Waals surface area contributed by atoms with E-state index in [1.165, 1.54) is 4.90 Å². The van der Waals surface area contributed by atoms with Gasteiger partial charge in [0.1, 0.15) is 11.5 Å². The van der Waals surface area contributed by atoms with E-state index >= 15 is 0 Å². The van der Waals surface area contributed by atoms with Crippen LogP contribution in [0.15, 0.2) is 28.7 Å². The van der Waals surface area contributed by atoms with Crippen LogP contribution in [0.1, 0.15) is 43.4 Å². The fourth-order valence-corrected chi connectivity index (χ4v) is 3.16. The quantitative estimate of drug-likeness (QED) is 0.858. The van der Waals surface area contributed by atoms with E-state index in [0.717, 1.165) is 16.9 Å². The first kappa shape index (κ1) is 18.7. The molecule has 1 fully saturated rings. The average Bonchev–Trinajstić information content (AvgIpc) is 2.91. The van der Waals surface area contributed by atoms with Crippen LogP contribution >= 0.6 is 0 Å². The van der Waals surface area contributed by atoms with Crippen LogP contribution in [-0.2, 0) is 11.3 Å². The molecule has 3 amide bonds. The Kier molecular flexibility index (Phi) is 5.30. The van der Waals surface area contributed by atoms with Gasteiger partial charge in [-0.1, -0.05) is 12.1 Å². The zero-order valence-corrected chi connectivity index (χ0v) is 15.7. The van der Waals surface area contributed by atoms with Gasteiger partial charge in [0.25, 0.3) is 11.8 Å². The van der Waals surface area contributed by atoms with Crippen molar-refractivity contribution in [2.45, 2.75) is 27.3 Å². The number of aryl methyl sites for hydroxylation is 2. The van der Waals surface area contributed by atoms with E-state index in [9.17, 15) is 14.4 Å². The van der Waals surface area contributed by atoms with E-state index in [0.29, 0.717) is 36.5 Å². The number of carbonyl (C=O) groups is 3. The summed E-state index contributed by atoms with van der Waals surface area (Å²) in [6, 6.07) is 7.04. The largest absolute Gasteiger partial charge is 0.466 e. The number of nitrogens with one attached hydrogen (secondary N) is 2. The number of furan rings is 1. The molecule has 1 aromatic heterocycles. The Morgan fingerprint density at radius 2 is 1.85 bits per heavy atom. The van der Waals surface area contributed by atoms with Crippen molar-refractivity contribution in [3.05, 3.63) is 58.0 Å². The molecule has 1 aromatic carbocycles. The molecule has 2 heterocycles. The average molecular weight is 369 g/mol. The van der Waals surface area contributed by atoms with Crippen LogP contribution in [-0.4, -0.2) is 42.3 Å². The number of hydrogen-bond acceptors (Lipinski definition) is 4. The molecule has 1 aliphatic rings. The maximum atomic E-state index is 12.5. The summed E-state index contributed by atoms with van der Waals surface area (Å²) in [7, 11) is 0. The molecular formula is C20H23N3O4. The summed E-state index contributed by atoms with van der Waals surface area (Å²) < 4.78 is 5.49. The lowest BCUT2D eigenvalue weighted by Crippen LogP contribution is -2.49. The number of carbonyl (C=O) groups excluding carboxylic acids is 3.